The monoisotopic (exact) mass is 327 g/mol. The zero-order valence-corrected chi connectivity index (χ0v) is 13.3. The van der Waals surface area contributed by atoms with E-state index < -0.39 is 15.4 Å². The van der Waals surface area contributed by atoms with Crippen LogP contribution in [0.15, 0.2) is 11.4 Å². The maximum atomic E-state index is 12.3. The van der Waals surface area contributed by atoms with Crippen LogP contribution in [0, 0.1) is 11.8 Å². The molecule has 1 unspecified atom stereocenters. The summed E-state index contributed by atoms with van der Waals surface area (Å²) in [4.78, 5) is 12.8. The number of hydrogen-bond acceptors (Lipinski definition) is 5. The van der Waals surface area contributed by atoms with Gasteiger partial charge in [0.2, 0.25) is 0 Å². The van der Waals surface area contributed by atoms with Crippen molar-refractivity contribution in [2.75, 3.05) is 18.1 Å². The topological polar surface area (TPSA) is 83.5 Å². The van der Waals surface area contributed by atoms with Crippen LogP contribution in [0.4, 0.5) is 0 Å². The SMILES string of the molecule is CC1(NC(=O)c2sccc2C#CCCO)CCS(=O)(=O)C1. The van der Waals surface area contributed by atoms with E-state index in [0.29, 0.717) is 23.3 Å². The first-order chi connectivity index (χ1) is 9.85. The summed E-state index contributed by atoms with van der Waals surface area (Å²) in [5, 5.41) is 13.3. The highest BCUT2D eigenvalue weighted by molar-refractivity contribution is 7.91. The molecule has 0 saturated carbocycles. The third-order valence-electron chi connectivity index (χ3n) is 3.25. The van der Waals surface area contributed by atoms with E-state index in [4.69, 9.17) is 5.11 Å². The molecule has 1 aliphatic heterocycles. The Balaban J connectivity index is 2.12. The van der Waals surface area contributed by atoms with Crippen molar-refractivity contribution in [2.45, 2.75) is 25.3 Å². The zero-order chi connectivity index (χ0) is 15.5. The summed E-state index contributed by atoms with van der Waals surface area (Å²) in [5.74, 6) is 5.42. The normalized spacial score (nSPS) is 23.3. The van der Waals surface area contributed by atoms with Crippen LogP contribution in [0.25, 0.3) is 0 Å². The highest BCUT2D eigenvalue weighted by atomic mass is 32.2. The summed E-state index contributed by atoms with van der Waals surface area (Å²) < 4.78 is 23.1. The summed E-state index contributed by atoms with van der Waals surface area (Å²) in [6.07, 6.45) is 0.783. The highest BCUT2D eigenvalue weighted by Crippen LogP contribution is 2.24. The number of sulfone groups is 1. The van der Waals surface area contributed by atoms with Gasteiger partial charge < -0.3 is 10.4 Å². The van der Waals surface area contributed by atoms with E-state index in [1.807, 2.05) is 0 Å². The molecule has 0 radical (unpaired) electrons. The molecule has 1 amide bonds. The van der Waals surface area contributed by atoms with Gasteiger partial charge in [-0.15, -0.1) is 11.3 Å². The summed E-state index contributed by atoms with van der Waals surface area (Å²) >= 11 is 1.27. The second kappa shape index (κ2) is 6.18. The van der Waals surface area contributed by atoms with Crippen molar-refractivity contribution in [1.29, 1.82) is 0 Å². The van der Waals surface area contributed by atoms with E-state index in [0.717, 1.165) is 0 Å². The summed E-state index contributed by atoms with van der Waals surface area (Å²) in [6, 6.07) is 1.75. The van der Waals surface area contributed by atoms with Crippen LogP contribution >= 0.6 is 11.3 Å². The molecule has 21 heavy (non-hydrogen) atoms. The number of thiophene rings is 1. The minimum absolute atomic E-state index is 0.0192. The Morgan fingerprint density at radius 3 is 2.95 bits per heavy atom. The Morgan fingerprint density at radius 1 is 1.57 bits per heavy atom. The lowest BCUT2D eigenvalue weighted by molar-refractivity contribution is 0.0919. The van der Waals surface area contributed by atoms with Crippen LogP contribution in [-0.4, -0.2) is 43.1 Å². The Kier molecular flexibility index (Phi) is 4.71. The van der Waals surface area contributed by atoms with Crippen LogP contribution in [0.3, 0.4) is 0 Å². The third kappa shape index (κ3) is 4.06. The van der Waals surface area contributed by atoms with Gasteiger partial charge in [-0.25, -0.2) is 8.42 Å². The predicted octanol–water partition coefficient (Wildman–Crippen LogP) is 0.789. The van der Waals surface area contributed by atoms with Gasteiger partial charge in [0.15, 0.2) is 9.84 Å². The molecule has 1 aromatic rings. The first-order valence-electron chi connectivity index (χ1n) is 6.55. The number of aliphatic hydroxyl groups excluding tert-OH is 1. The van der Waals surface area contributed by atoms with Gasteiger partial charge in [-0.2, -0.15) is 0 Å². The lowest BCUT2D eigenvalue weighted by Gasteiger charge is -2.23. The van der Waals surface area contributed by atoms with E-state index in [2.05, 4.69) is 17.2 Å². The summed E-state index contributed by atoms with van der Waals surface area (Å²) in [5.41, 5.74) is -0.106. The number of carbonyl (C=O) groups excluding carboxylic acids is 1. The fourth-order valence-corrected chi connectivity index (χ4v) is 5.07. The standard InChI is InChI=1S/C14H17NO4S2/c1-14(6-9-21(18,19)10-14)15-13(17)12-11(5-8-20-12)4-2-3-7-16/h5,8,16H,3,6-7,9-10H2,1H3,(H,15,17). The van der Waals surface area contributed by atoms with Crippen LogP contribution in [0.5, 0.6) is 0 Å². The van der Waals surface area contributed by atoms with Crippen molar-refractivity contribution >= 4 is 27.1 Å². The Bertz CT molecular complexity index is 696. The highest BCUT2D eigenvalue weighted by Gasteiger charge is 2.39. The number of carbonyl (C=O) groups is 1. The maximum Gasteiger partial charge on any atom is 0.263 e. The molecule has 1 aliphatic rings. The molecule has 2 rings (SSSR count). The Labute approximate surface area is 128 Å². The number of aliphatic hydroxyl groups is 1. The van der Waals surface area contributed by atoms with Gasteiger partial charge in [-0.05, 0) is 24.8 Å². The van der Waals surface area contributed by atoms with Gasteiger partial charge in [-0.1, -0.05) is 11.8 Å². The van der Waals surface area contributed by atoms with Gasteiger partial charge in [-0.3, -0.25) is 4.79 Å². The van der Waals surface area contributed by atoms with Gasteiger partial charge >= 0.3 is 0 Å². The van der Waals surface area contributed by atoms with Crippen molar-refractivity contribution in [3.8, 4) is 11.8 Å². The molecule has 1 atom stereocenters. The molecule has 7 heteroatoms. The number of rotatable bonds is 3. The largest absolute Gasteiger partial charge is 0.395 e. The Hall–Kier alpha value is -1.36. The van der Waals surface area contributed by atoms with Crippen molar-refractivity contribution < 1.29 is 18.3 Å². The summed E-state index contributed by atoms with van der Waals surface area (Å²) in [6.45, 7) is 1.73. The number of nitrogens with one attached hydrogen (secondary N) is 1. The molecule has 5 nitrogen and oxygen atoms in total. The van der Waals surface area contributed by atoms with Gasteiger partial charge in [0, 0.05) is 12.0 Å². The average molecular weight is 327 g/mol. The van der Waals surface area contributed by atoms with Gasteiger partial charge in [0.05, 0.1) is 23.7 Å². The quantitative estimate of drug-likeness (QED) is 0.804. The molecule has 0 aliphatic carbocycles. The Morgan fingerprint density at radius 2 is 2.33 bits per heavy atom. The molecular formula is C14H17NO4S2. The molecule has 0 spiro atoms. The summed E-state index contributed by atoms with van der Waals surface area (Å²) in [7, 11) is -3.06. The van der Waals surface area contributed by atoms with Crippen molar-refractivity contribution in [2.24, 2.45) is 0 Å². The second-order valence-electron chi connectivity index (χ2n) is 5.30. The van der Waals surface area contributed by atoms with Crippen molar-refractivity contribution in [1.82, 2.24) is 5.32 Å². The second-order valence-corrected chi connectivity index (χ2v) is 8.40. The minimum atomic E-state index is -3.06. The number of amides is 1. The lowest BCUT2D eigenvalue weighted by atomic mass is 10.0. The first kappa shape index (κ1) is 16.0. The minimum Gasteiger partial charge on any atom is -0.395 e. The lowest BCUT2D eigenvalue weighted by Crippen LogP contribution is -2.46. The molecule has 1 fully saturated rings. The zero-order valence-electron chi connectivity index (χ0n) is 11.7. The van der Waals surface area contributed by atoms with E-state index in [1.54, 1.807) is 18.4 Å². The molecule has 114 valence electrons. The molecule has 1 aromatic heterocycles. The van der Waals surface area contributed by atoms with Crippen LogP contribution < -0.4 is 5.32 Å². The van der Waals surface area contributed by atoms with Gasteiger partial charge in [0.1, 0.15) is 4.88 Å². The molecule has 2 N–H and O–H groups in total. The van der Waals surface area contributed by atoms with E-state index in [1.165, 1.54) is 11.3 Å². The number of hydrogen-bond donors (Lipinski definition) is 2. The average Bonchev–Trinajstić information content (AvgIpc) is 2.94. The molecule has 1 saturated heterocycles. The van der Waals surface area contributed by atoms with Crippen molar-refractivity contribution in [3.05, 3.63) is 21.9 Å². The van der Waals surface area contributed by atoms with E-state index in [9.17, 15) is 13.2 Å². The first-order valence-corrected chi connectivity index (χ1v) is 9.25. The molecule has 2 heterocycles. The predicted molar refractivity (Wildman–Crippen MR) is 82.0 cm³/mol. The van der Waals surface area contributed by atoms with E-state index >= 15 is 0 Å². The van der Waals surface area contributed by atoms with E-state index in [-0.39, 0.29) is 24.0 Å². The van der Waals surface area contributed by atoms with Crippen LogP contribution in [0.2, 0.25) is 0 Å². The van der Waals surface area contributed by atoms with Gasteiger partial charge in [0.25, 0.3) is 5.91 Å². The van der Waals surface area contributed by atoms with Crippen LogP contribution in [-0.2, 0) is 9.84 Å². The third-order valence-corrected chi connectivity index (χ3v) is 6.07. The molecular weight excluding hydrogens is 310 g/mol. The smallest absolute Gasteiger partial charge is 0.263 e. The fraction of sp³-hybridized carbons (Fsp3) is 0.500. The maximum absolute atomic E-state index is 12.3. The molecule has 0 bridgehead atoms. The van der Waals surface area contributed by atoms with Crippen molar-refractivity contribution in [3.63, 3.8) is 0 Å². The van der Waals surface area contributed by atoms with Crippen LogP contribution in [0.1, 0.15) is 35.0 Å². The molecule has 0 aromatic carbocycles. The fourth-order valence-electron chi connectivity index (χ4n) is 2.24.